The number of hydrogen-bond acceptors (Lipinski definition) is 6. The number of benzene rings is 2. The van der Waals surface area contributed by atoms with E-state index in [1.165, 1.54) is 24.5 Å². The van der Waals surface area contributed by atoms with Gasteiger partial charge in [0.2, 0.25) is 5.91 Å². The van der Waals surface area contributed by atoms with Gasteiger partial charge in [-0.1, -0.05) is 36.9 Å². The lowest BCUT2D eigenvalue weighted by molar-refractivity contribution is -0.127. The van der Waals surface area contributed by atoms with E-state index in [-0.39, 0.29) is 24.1 Å². The molecule has 2 aromatic heterocycles. The van der Waals surface area contributed by atoms with E-state index in [0.717, 1.165) is 29.5 Å². The van der Waals surface area contributed by atoms with Crippen molar-refractivity contribution < 1.29 is 14.0 Å². The number of halogens is 1. The van der Waals surface area contributed by atoms with Gasteiger partial charge in [-0.2, -0.15) is 5.10 Å². The second-order valence-corrected chi connectivity index (χ2v) is 9.40. The summed E-state index contributed by atoms with van der Waals surface area (Å²) in [5, 5.41) is 8.29. The fourth-order valence-electron chi connectivity index (χ4n) is 4.80. The van der Waals surface area contributed by atoms with Crippen LogP contribution in [0.2, 0.25) is 0 Å². The molecule has 5 rings (SSSR count). The third kappa shape index (κ3) is 4.84. The molecule has 1 saturated heterocycles. The van der Waals surface area contributed by atoms with Crippen LogP contribution in [0.1, 0.15) is 40.4 Å². The van der Waals surface area contributed by atoms with Crippen molar-refractivity contribution in [3.05, 3.63) is 84.0 Å². The summed E-state index contributed by atoms with van der Waals surface area (Å²) >= 11 is 0. The highest BCUT2D eigenvalue weighted by atomic mass is 19.1. The van der Waals surface area contributed by atoms with Gasteiger partial charge in [-0.15, -0.1) is 0 Å². The first kappa shape index (κ1) is 25.1. The van der Waals surface area contributed by atoms with E-state index in [1.54, 1.807) is 17.9 Å². The van der Waals surface area contributed by atoms with Crippen molar-refractivity contribution >= 4 is 28.7 Å². The molecule has 3 N–H and O–H groups in total. The number of likely N-dealkylation sites (tertiary alicyclic amines) is 1. The van der Waals surface area contributed by atoms with Crippen LogP contribution >= 0.6 is 0 Å². The van der Waals surface area contributed by atoms with Gasteiger partial charge in [-0.25, -0.2) is 19.0 Å². The average Bonchev–Trinajstić information content (AvgIpc) is 3.33. The van der Waals surface area contributed by atoms with Gasteiger partial charge in [0.05, 0.1) is 17.0 Å². The van der Waals surface area contributed by atoms with Crippen molar-refractivity contribution in [1.29, 1.82) is 0 Å². The van der Waals surface area contributed by atoms with E-state index in [1.807, 2.05) is 28.9 Å². The van der Waals surface area contributed by atoms with Gasteiger partial charge in [0.1, 0.15) is 23.7 Å². The first-order chi connectivity index (χ1) is 18.4. The fraction of sp³-hybridized carbons (Fsp3) is 0.250. The highest BCUT2D eigenvalue weighted by molar-refractivity contribution is 5.98. The van der Waals surface area contributed by atoms with E-state index in [9.17, 15) is 14.0 Å². The van der Waals surface area contributed by atoms with Crippen molar-refractivity contribution in [2.24, 2.45) is 0 Å². The van der Waals surface area contributed by atoms with Gasteiger partial charge < -0.3 is 16.0 Å². The summed E-state index contributed by atoms with van der Waals surface area (Å²) in [5.74, 6) is -0.802. The van der Waals surface area contributed by atoms with Crippen LogP contribution in [0.3, 0.4) is 0 Å². The van der Waals surface area contributed by atoms with Crippen molar-refractivity contribution in [2.75, 3.05) is 18.8 Å². The highest BCUT2D eigenvalue weighted by Crippen LogP contribution is 2.33. The van der Waals surface area contributed by atoms with Gasteiger partial charge in [0, 0.05) is 25.2 Å². The van der Waals surface area contributed by atoms with Gasteiger partial charge in [0.15, 0.2) is 5.65 Å². The third-order valence-corrected chi connectivity index (χ3v) is 6.80. The minimum absolute atomic E-state index is 0.00998. The number of nitrogens with zero attached hydrogens (tertiary/aromatic N) is 5. The molecule has 10 heteroatoms. The lowest BCUT2D eigenvalue weighted by Crippen LogP contribution is -2.40. The largest absolute Gasteiger partial charge is 0.383 e. The van der Waals surface area contributed by atoms with Crippen LogP contribution in [-0.2, 0) is 11.3 Å². The monoisotopic (exact) mass is 513 g/mol. The van der Waals surface area contributed by atoms with E-state index >= 15 is 0 Å². The Labute approximate surface area is 219 Å². The number of amides is 2. The molecule has 0 radical (unpaired) electrons. The third-order valence-electron chi connectivity index (χ3n) is 6.80. The van der Waals surface area contributed by atoms with Crippen LogP contribution in [0.4, 0.5) is 10.2 Å². The number of aryl methyl sites for hydroxylation is 1. The van der Waals surface area contributed by atoms with Gasteiger partial charge in [0.25, 0.3) is 5.91 Å². The number of carbonyl (C=O) groups excluding carboxylic acids is 2. The second kappa shape index (κ2) is 10.4. The molecule has 4 aromatic rings. The molecule has 0 aliphatic carbocycles. The summed E-state index contributed by atoms with van der Waals surface area (Å²) in [6.07, 6.45) is 4.43. The lowest BCUT2D eigenvalue weighted by atomic mass is 10.1. The standard InChI is InChI=1S/C28H28FN7O2/c1-3-23(37)35-12-4-5-20(15-35)36-27-24(26(30)32-16-33-27)25(34-36)19-9-7-18(8-10-19)14-31-28(38)21-11-6-17(2)13-22(21)29/h3,6-11,13,16,20H,1,4-5,12,14-15H2,2H3,(H,31,38)(H2,30,32,33)/t20-/m1/s1. The van der Waals surface area contributed by atoms with Gasteiger partial charge in [-0.3, -0.25) is 9.59 Å². The maximum Gasteiger partial charge on any atom is 0.254 e. The van der Waals surface area contributed by atoms with Gasteiger partial charge in [-0.05, 0) is 49.1 Å². The number of piperidine rings is 1. The normalized spacial score (nSPS) is 15.4. The molecule has 2 aromatic carbocycles. The molecule has 3 heterocycles. The number of nitrogens with two attached hydrogens (primary N) is 1. The molecular formula is C28H28FN7O2. The Kier molecular flexibility index (Phi) is 6.87. The summed E-state index contributed by atoms with van der Waals surface area (Å²) in [7, 11) is 0. The molecule has 0 spiro atoms. The predicted molar refractivity (Wildman–Crippen MR) is 143 cm³/mol. The molecule has 1 atom stereocenters. The summed E-state index contributed by atoms with van der Waals surface area (Å²) in [4.78, 5) is 35.1. The van der Waals surface area contributed by atoms with E-state index in [4.69, 9.17) is 10.8 Å². The van der Waals surface area contributed by atoms with Gasteiger partial charge >= 0.3 is 0 Å². The maximum atomic E-state index is 14.1. The van der Waals surface area contributed by atoms with Crippen LogP contribution in [0.25, 0.3) is 22.3 Å². The number of nitrogens with one attached hydrogen (secondary N) is 1. The molecule has 0 unspecified atom stereocenters. The number of fused-ring (bicyclic) bond motifs is 1. The minimum Gasteiger partial charge on any atom is -0.383 e. The van der Waals surface area contributed by atoms with Crippen molar-refractivity contribution in [3.8, 4) is 11.3 Å². The molecule has 194 valence electrons. The number of aromatic nitrogens is 4. The zero-order valence-corrected chi connectivity index (χ0v) is 21.0. The first-order valence-electron chi connectivity index (χ1n) is 12.4. The van der Waals surface area contributed by atoms with Crippen molar-refractivity contribution in [2.45, 2.75) is 32.4 Å². The molecule has 0 saturated carbocycles. The van der Waals surface area contributed by atoms with E-state index < -0.39 is 11.7 Å². The van der Waals surface area contributed by atoms with E-state index in [2.05, 4.69) is 21.9 Å². The first-order valence-corrected chi connectivity index (χ1v) is 12.4. The highest BCUT2D eigenvalue weighted by Gasteiger charge is 2.28. The summed E-state index contributed by atoms with van der Waals surface area (Å²) in [5.41, 5.74) is 9.93. The van der Waals surface area contributed by atoms with E-state index in [0.29, 0.717) is 35.6 Å². The number of carbonyl (C=O) groups is 2. The molecule has 1 aliphatic heterocycles. The number of nitrogen functional groups attached to an aromatic ring is 1. The molecule has 0 bridgehead atoms. The smallest absolute Gasteiger partial charge is 0.254 e. The lowest BCUT2D eigenvalue weighted by Gasteiger charge is -2.32. The van der Waals surface area contributed by atoms with Crippen LogP contribution < -0.4 is 11.1 Å². The average molecular weight is 514 g/mol. The minimum atomic E-state index is -0.546. The fourth-order valence-corrected chi connectivity index (χ4v) is 4.80. The van der Waals surface area contributed by atoms with Crippen molar-refractivity contribution in [1.82, 2.24) is 30.0 Å². The number of rotatable bonds is 6. The zero-order valence-electron chi connectivity index (χ0n) is 21.0. The summed E-state index contributed by atoms with van der Waals surface area (Å²) in [6.45, 7) is 6.79. The molecule has 38 heavy (non-hydrogen) atoms. The molecule has 2 amide bonds. The predicted octanol–water partition coefficient (Wildman–Crippen LogP) is 3.80. The Morgan fingerprint density at radius 1 is 1.21 bits per heavy atom. The Hall–Kier alpha value is -4.60. The topological polar surface area (TPSA) is 119 Å². The van der Waals surface area contributed by atoms with Crippen LogP contribution in [0, 0.1) is 12.7 Å². The number of anilines is 1. The van der Waals surface area contributed by atoms with Crippen LogP contribution in [0.15, 0.2) is 61.4 Å². The summed E-state index contributed by atoms with van der Waals surface area (Å²) in [6, 6.07) is 12.0. The second-order valence-electron chi connectivity index (χ2n) is 9.40. The molecular weight excluding hydrogens is 485 g/mol. The zero-order chi connectivity index (χ0) is 26.8. The van der Waals surface area contributed by atoms with Crippen LogP contribution in [0.5, 0.6) is 0 Å². The Morgan fingerprint density at radius 2 is 2.00 bits per heavy atom. The molecule has 1 aliphatic rings. The number of hydrogen-bond donors (Lipinski definition) is 2. The van der Waals surface area contributed by atoms with Crippen molar-refractivity contribution in [3.63, 3.8) is 0 Å². The Morgan fingerprint density at radius 3 is 2.74 bits per heavy atom. The Balaban J connectivity index is 1.39. The summed E-state index contributed by atoms with van der Waals surface area (Å²) < 4.78 is 16.0. The maximum absolute atomic E-state index is 14.1. The molecule has 1 fully saturated rings. The van der Waals surface area contributed by atoms with Crippen LogP contribution in [-0.4, -0.2) is 49.6 Å². The Bertz CT molecular complexity index is 1530. The SMILES string of the molecule is C=CC(=O)N1CCC[C@@H](n2nc(-c3ccc(CNC(=O)c4ccc(C)cc4F)cc3)c3c(N)ncnc32)C1. The quantitative estimate of drug-likeness (QED) is 0.379. The molecule has 9 nitrogen and oxygen atoms in total.